The van der Waals surface area contributed by atoms with Gasteiger partial charge in [0.2, 0.25) is 5.96 Å². The molecule has 0 fully saturated rings. The Morgan fingerprint density at radius 3 is 2.58 bits per heavy atom. The Labute approximate surface area is 123 Å². The highest BCUT2D eigenvalue weighted by Crippen LogP contribution is 2.33. The van der Waals surface area contributed by atoms with Gasteiger partial charge in [-0.3, -0.25) is 0 Å². The second-order valence-electron chi connectivity index (χ2n) is 3.88. The Kier molecular flexibility index (Phi) is 6.06. The molecule has 0 heterocycles. The number of rotatable bonds is 4. The first kappa shape index (κ1) is 15.7. The molecule has 1 aromatic rings. The van der Waals surface area contributed by atoms with E-state index in [0.717, 1.165) is 24.1 Å². The highest BCUT2D eigenvalue weighted by atomic mass is 35.5. The maximum absolute atomic E-state index is 6.15. The van der Waals surface area contributed by atoms with E-state index >= 15 is 0 Å². The molecule has 0 radical (unpaired) electrons. The van der Waals surface area contributed by atoms with E-state index in [1.807, 2.05) is 19.9 Å². The van der Waals surface area contributed by atoms with Crippen molar-refractivity contribution >= 4 is 40.6 Å². The molecule has 5 heteroatoms. The van der Waals surface area contributed by atoms with Crippen LogP contribution < -0.4 is 5.73 Å². The highest BCUT2D eigenvalue weighted by molar-refractivity contribution is 6.36. The van der Waals surface area contributed by atoms with Gasteiger partial charge in [-0.2, -0.15) is 0 Å². The van der Waals surface area contributed by atoms with Crippen molar-refractivity contribution in [3.8, 4) is 0 Å². The summed E-state index contributed by atoms with van der Waals surface area (Å²) in [6.07, 6.45) is 3.17. The predicted molar refractivity (Wildman–Crippen MR) is 85.0 cm³/mol. The van der Waals surface area contributed by atoms with Gasteiger partial charge in [0.25, 0.3) is 0 Å². The molecule has 2 N–H and O–H groups in total. The molecule has 0 unspecified atom stereocenters. The van der Waals surface area contributed by atoms with Gasteiger partial charge in [-0.25, -0.2) is 9.98 Å². The molecule has 1 rings (SSSR count). The van der Waals surface area contributed by atoms with Crippen LogP contribution in [-0.4, -0.2) is 11.7 Å². The van der Waals surface area contributed by atoms with Crippen LogP contribution in [0.15, 0.2) is 34.8 Å². The number of hydrogen-bond donors (Lipinski definition) is 1. The first-order valence-electron chi connectivity index (χ1n) is 6.03. The normalized spacial score (nSPS) is 12.6. The van der Waals surface area contributed by atoms with Crippen molar-refractivity contribution in [2.24, 2.45) is 15.7 Å². The molecule has 0 saturated heterocycles. The Bertz CT molecular complexity index is 534. The lowest BCUT2D eigenvalue weighted by Gasteiger charge is -2.07. The summed E-state index contributed by atoms with van der Waals surface area (Å²) >= 11 is 12.1. The van der Waals surface area contributed by atoms with Crippen molar-refractivity contribution in [3.05, 3.63) is 40.4 Å². The Morgan fingerprint density at radius 2 is 2.05 bits per heavy atom. The summed E-state index contributed by atoms with van der Waals surface area (Å²) in [5, 5.41) is 1.06. The third kappa shape index (κ3) is 4.37. The van der Waals surface area contributed by atoms with Gasteiger partial charge in [0.15, 0.2) is 0 Å². The summed E-state index contributed by atoms with van der Waals surface area (Å²) in [6, 6.07) is 3.48. The lowest BCUT2D eigenvalue weighted by atomic mass is 10.1. The highest BCUT2D eigenvalue weighted by Gasteiger charge is 2.08. The average molecular weight is 298 g/mol. The van der Waals surface area contributed by atoms with E-state index in [-0.39, 0.29) is 5.96 Å². The van der Waals surface area contributed by atoms with Gasteiger partial charge in [0.05, 0.1) is 10.7 Å². The molecule has 0 spiro atoms. The van der Waals surface area contributed by atoms with Gasteiger partial charge in [-0.1, -0.05) is 43.6 Å². The molecule has 0 amide bonds. The molecule has 19 heavy (non-hydrogen) atoms. The number of guanidine groups is 1. The third-order valence-electron chi connectivity index (χ3n) is 2.57. The van der Waals surface area contributed by atoms with Gasteiger partial charge < -0.3 is 5.73 Å². The molecule has 102 valence electrons. The molecule has 3 nitrogen and oxygen atoms in total. The Balaban J connectivity index is 3.24. The van der Waals surface area contributed by atoms with Crippen LogP contribution in [-0.2, 0) is 6.42 Å². The van der Waals surface area contributed by atoms with Crippen LogP contribution in [0.3, 0.4) is 0 Å². The summed E-state index contributed by atoms with van der Waals surface area (Å²) < 4.78 is 0. The van der Waals surface area contributed by atoms with Crippen molar-refractivity contribution in [1.29, 1.82) is 0 Å². The van der Waals surface area contributed by atoms with Crippen molar-refractivity contribution in [2.45, 2.75) is 26.7 Å². The zero-order valence-electron chi connectivity index (χ0n) is 11.1. The second kappa shape index (κ2) is 7.31. The molecular weight excluding hydrogens is 281 g/mol. The number of benzene rings is 1. The molecule has 0 saturated carbocycles. The Morgan fingerprint density at radius 1 is 1.37 bits per heavy atom. The first-order valence-corrected chi connectivity index (χ1v) is 6.79. The number of aryl methyl sites for hydroxylation is 1. The van der Waals surface area contributed by atoms with Gasteiger partial charge in [0, 0.05) is 10.7 Å². The van der Waals surface area contributed by atoms with Crippen LogP contribution in [0.5, 0.6) is 0 Å². The second-order valence-corrected chi connectivity index (χ2v) is 4.72. The first-order chi connectivity index (χ1) is 9.01. The minimum Gasteiger partial charge on any atom is -0.368 e. The van der Waals surface area contributed by atoms with Crippen LogP contribution >= 0.6 is 23.2 Å². The van der Waals surface area contributed by atoms with E-state index in [4.69, 9.17) is 28.9 Å². The molecule has 0 atom stereocenters. The topological polar surface area (TPSA) is 50.7 Å². The van der Waals surface area contributed by atoms with Crippen molar-refractivity contribution < 1.29 is 0 Å². The lowest BCUT2D eigenvalue weighted by molar-refractivity contribution is 1.13. The molecule has 0 aliphatic rings. The number of aliphatic imine (C=N–C) groups is 2. The van der Waals surface area contributed by atoms with E-state index in [9.17, 15) is 0 Å². The standard InChI is InChI=1S/C14H17Cl2N3/c1-4-9-7-10(15)8-12(16)13(9)19-14(17)18-11(5-2)6-3/h5,7-8H,2,4,6H2,1,3H3,(H2,17,19). The fourth-order valence-electron chi connectivity index (χ4n) is 1.57. The number of nitrogens with zero attached hydrogens (tertiary/aromatic N) is 2. The zero-order valence-corrected chi connectivity index (χ0v) is 12.6. The quantitative estimate of drug-likeness (QED) is 0.644. The van der Waals surface area contributed by atoms with E-state index in [1.54, 1.807) is 12.1 Å². The summed E-state index contributed by atoms with van der Waals surface area (Å²) in [4.78, 5) is 8.46. The number of allylic oxidation sites excluding steroid dienone is 1. The van der Waals surface area contributed by atoms with Crippen LogP contribution in [0.2, 0.25) is 10.0 Å². The van der Waals surface area contributed by atoms with E-state index in [2.05, 4.69) is 16.6 Å². The van der Waals surface area contributed by atoms with Crippen molar-refractivity contribution in [2.75, 3.05) is 0 Å². The summed E-state index contributed by atoms with van der Waals surface area (Å²) in [5.41, 5.74) is 8.15. The van der Waals surface area contributed by atoms with E-state index in [0.29, 0.717) is 15.7 Å². The zero-order chi connectivity index (χ0) is 14.4. The smallest absolute Gasteiger partial charge is 0.220 e. The van der Waals surface area contributed by atoms with Crippen LogP contribution in [0, 0.1) is 0 Å². The number of nitrogens with two attached hydrogens (primary N) is 1. The fraction of sp³-hybridized carbons (Fsp3) is 0.286. The molecular formula is C14H17Cl2N3. The Hall–Kier alpha value is -1.32. The van der Waals surface area contributed by atoms with E-state index < -0.39 is 0 Å². The average Bonchev–Trinajstić information content (AvgIpc) is 2.38. The van der Waals surface area contributed by atoms with Crippen molar-refractivity contribution in [1.82, 2.24) is 0 Å². The third-order valence-corrected chi connectivity index (χ3v) is 3.08. The molecule has 0 aliphatic heterocycles. The van der Waals surface area contributed by atoms with Crippen molar-refractivity contribution in [3.63, 3.8) is 0 Å². The van der Waals surface area contributed by atoms with Crippen LogP contribution in [0.4, 0.5) is 5.69 Å². The minimum atomic E-state index is 0.163. The van der Waals surface area contributed by atoms with Gasteiger partial charge in [-0.15, -0.1) is 0 Å². The largest absolute Gasteiger partial charge is 0.368 e. The predicted octanol–water partition coefficient (Wildman–Crippen LogP) is 4.54. The molecule has 0 bridgehead atoms. The molecule has 0 aliphatic carbocycles. The minimum absolute atomic E-state index is 0.163. The summed E-state index contributed by atoms with van der Waals surface area (Å²) in [7, 11) is 0. The molecule has 0 aromatic heterocycles. The monoisotopic (exact) mass is 297 g/mol. The number of hydrogen-bond acceptors (Lipinski definition) is 1. The maximum atomic E-state index is 6.15. The van der Waals surface area contributed by atoms with Gasteiger partial charge in [0.1, 0.15) is 0 Å². The summed E-state index contributed by atoms with van der Waals surface area (Å²) in [6.45, 7) is 7.64. The number of halogens is 2. The molecule has 1 aromatic carbocycles. The fourth-order valence-corrected chi connectivity index (χ4v) is 2.15. The van der Waals surface area contributed by atoms with Crippen LogP contribution in [0.25, 0.3) is 0 Å². The van der Waals surface area contributed by atoms with E-state index in [1.165, 1.54) is 0 Å². The summed E-state index contributed by atoms with van der Waals surface area (Å²) in [5.74, 6) is 0.163. The SMILES string of the molecule is C=CC(CC)=NC(N)=Nc1c(Cl)cc(Cl)cc1CC. The maximum Gasteiger partial charge on any atom is 0.220 e. The lowest BCUT2D eigenvalue weighted by Crippen LogP contribution is -2.10. The van der Waals surface area contributed by atoms with Crippen LogP contribution in [0.1, 0.15) is 25.8 Å². The van der Waals surface area contributed by atoms with Gasteiger partial charge in [-0.05, 0) is 36.6 Å². The van der Waals surface area contributed by atoms with Gasteiger partial charge >= 0.3 is 0 Å².